The van der Waals surface area contributed by atoms with Crippen molar-refractivity contribution in [3.8, 4) is 11.3 Å². The molecule has 2 aliphatic rings. The molecular weight excluding hydrogens is 514 g/mol. The number of imidazole rings is 1. The van der Waals surface area contributed by atoms with Gasteiger partial charge in [-0.25, -0.2) is 28.7 Å². The van der Waals surface area contributed by atoms with Crippen molar-refractivity contribution in [3.63, 3.8) is 0 Å². The van der Waals surface area contributed by atoms with E-state index in [1.807, 2.05) is 43.4 Å². The Bertz CT molecular complexity index is 1610. The maximum absolute atomic E-state index is 15.0. The lowest BCUT2D eigenvalue weighted by molar-refractivity contribution is -0.140. The number of halogens is 2. The van der Waals surface area contributed by atoms with Crippen molar-refractivity contribution >= 4 is 28.7 Å². The number of anilines is 2. The van der Waals surface area contributed by atoms with Crippen LogP contribution in [0.5, 0.6) is 0 Å². The first-order valence-electron chi connectivity index (χ1n) is 13.6. The van der Waals surface area contributed by atoms with Crippen LogP contribution in [0.25, 0.3) is 22.3 Å². The van der Waals surface area contributed by atoms with Crippen molar-refractivity contribution in [1.82, 2.24) is 34.7 Å². The molecule has 1 saturated carbocycles. The smallest absolute Gasteiger partial charge is 0.229 e. The van der Waals surface area contributed by atoms with Crippen LogP contribution in [0.15, 0.2) is 30.5 Å². The minimum atomic E-state index is -0.660. The van der Waals surface area contributed by atoms with Gasteiger partial charge < -0.3 is 20.1 Å². The molecule has 208 valence electrons. The third-order valence-corrected chi connectivity index (χ3v) is 7.95. The van der Waals surface area contributed by atoms with Crippen LogP contribution in [0.1, 0.15) is 49.8 Å². The summed E-state index contributed by atoms with van der Waals surface area (Å²) in [6, 6.07) is 7.20. The molecule has 6 rings (SSSR count). The zero-order valence-electron chi connectivity index (χ0n) is 23.0. The monoisotopic (exact) mass is 546 g/mol. The fourth-order valence-electron chi connectivity index (χ4n) is 5.79. The number of carbonyl (C=O) groups is 1. The van der Waals surface area contributed by atoms with E-state index < -0.39 is 11.6 Å². The molecule has 1 aliphatic carbocycles. The highest BCUT2D eigenvalue weighted by atomic mass is 19.1. The number of aromatic nitrogens is 5. The number of nitrogens with zero attached hydrogens (tertiary/aromatic N) is 6. The molecule has 1 aromatic carbocycles. The topological polar surface area (TPSA) is 101 Å². The van der Waals surface area contributed by atoms with Gasteiger partial charge in [-0.2, -0.15) is 0 Å². The molecule has 0 bridgehead atoms. The predicted octanol–water partition coefficient (Wildman–Crippen LogP) is 4.68. The molecule has 11 heteroatoms. The van der Waals surface area contributed by atoms with Crippen LogP contribution in [0.3, 0.4) is 0 Å². The van der Waals surface area contributed by atoms with Crippen LogP contribution in [0.4, 0.5) is 20.5 Å². The van der Waals surface area contributed by atoms with Crippen LogP contribution < -0.4 is 10.6 Å². The van der Waals surface area contributed by atoms with Crippen molar-refractivity contribution in [3.05, 3.63) is 59.2 Å². The number of benzene rings is 1. The van der Waals surface area contributed by atoms with Crippen LogP contribution >= 0.6 is 0 Å². The average Bonchev–Trinajstić information content (AvgIpc) is 3.25. The molecule has 0 spiro atoms. The molecule has 1 aliphatic heterocycles. The summed E-state index contributed by atoms with van der Waals surface area (Å²) < 4.78 is 31.8. The summed E-state index contributed by atoms with van der Waals surface area (Å²) in [7, 11) is 1.93. The van der Waals surface area contributed by atoms with Crippen molar-refractivity contribution in [1.29, 1.82) is 0 Å². The molecule has 1 amide bonds. The van der Waals surface area contributed by atoms with Crippen molar-refractivity contribution < 1.29 is 13.6 Å². The summed E-state index contributed by atoms with van der Waals surface area (Å²) in [6.07, 6.45) is 3.50. The zero-order valence-corrected chi connectivity index (χ0v) is 23.0. The van der Waals surface area contributed by atoms with Crippen LogP contribution in [-0.2, 0) is 17.8 Å². The first kappa shape index (κ1) is 26.2. The van der Waals surface area contributed by atoms with Gasteiger partial charge in [0.2, 0.25) is 11.9 Å². The van der Waals surface area contributed by atoms with Crippen LogP contribution in [-0.4, -0.2) is 54.9 Å². The number of amides is 1. The van der Waals surface area contributed by atoms with E-state index in [9.17, 15) is 9.18 Å². The minimum absolute atomic E-state index is 0.0175. The van der Waals surface area contributed by atoms with Gasteiger partial charge in [0.15, 0.2) is 11.6 Å². The Labute approximate surface area is 231 Å². The van der Waals surface area contributed by atoms with Crippen LogP contribution in [0, 0.1) is 24.5 Å². The highest BCUT2D eigenvalue weighted by Crippen LogP contribution is 2.32. The standard InChI is InChI=1S/C29H32F2N8O/c1-15(2)39-16(3)34-27-21(30)11-18(12-24(27)39)26-22(31)13-33-29(37-26)36-25-6-5-17-14-38(8-7-23(17)35-25)28(40)19-9-20(10-19)32-4/h5-6,11-13,15,19-20,32H,7-10,14H2,1-4H3,(H,33,35,36,37). The van der Waals surface area contributed by atoms with Crippen LogP contribution in [0.2, 0.25) is 0 Å². The lowest BCUT2D eigenvalue weighted by Gasteiger charge is -2.38. The number of nitrogens with one attached hydrogen (secondary N) is 2. The Morgan fingerprint density at radius 2 is 1.90 bits per heavy atom. The fourth-order valence-corrected chi connectivity index (χ4v) is 5.79. The van der Waals surface area contributed by atoms with Crippen molar-refractivity contribution in [2.24, 2.45) is 5.92 Å². The van der Waals surface area contributed by atoms with E-state index in [0.29, 0.717) is 48.3 Å². The van der Waals surface area contributed by atoms with E-state index in [-0.39, 0.29) is 35.0 Å². The molecule has 0 unspecified atom stereocenters. The molecule has 0 saturated heterocycles. The number of aryl methyl sites for hydroxylation is 1. The lowest BCUT2D eigenvalue weighted by Crippen LogP contribution is -2.49. The van der Waals surface area contributed by atoms with Gasteiger partial charge in [0, 0.05) is 48.8 Å². The Hall–Kier alpha value is -3.99. The number of hydrogen-bond acceptors (Lipinski definition) is 7. The van der Waals surface area contributed by atoms with Gasteiger partial charge in [-0.15, -0.1) is 0 Å². The van der Waals surface area contributed by atoms with Gasteiger partial charge in [-0.05, 0) is 64.4 Å². The predicted molar refractivity (Wildman–Crippen MR) is 148 cm³/mol. The summed E-state index contributed by atoms with van der Waals surface area (Å²) in [4.78, 5) is 32.3. The second kappa shape index (κ2) is 10.2. The maximum atomic E-state index is 15.0. The molecule has 2 N–H and O–H groups in total. The summed E-state index contributed by atoms with van der Waals surface area (Å²) in [6.45, 7) is 6.96. The summed E-state index contributed by atoms with van der Waals surface area (Å²) in [5, 5.41) is 6.28. The molecule has 0 atom stereocenters. The van der Waals surface area contributed by atoms with Gasteiger partial charge in [0.25, 0.3) is 0 Å². The highest BCUT2D eigenvalue weighted by Gasteiger charge is 2.37. The summed E-state index contributed by atoms with van der Waals surface area (Å²) in [5.41, 5.74) is 3.02. The fraction of sp³-hybridized carbons (Fsp3) is 0.414. The van der Waals surface area contributed by atoms with Gasteiger partial charge in [-0.3, -0.25) is 4.79 Å². The number of carbonyl (C=O) groups excluding carboxylic acids is 1. The third-order valence-electron chi connectivity index (χ3n) is 7.95. The Balaban J connectivity index is 1.22. The molecular formula is C29H32F2N8O. The average molecular weight is 547 g/mol. The number of hydrogen-bond donors (Lipinski definition) is 2. The van der Waals surface area contributed by atoms with Crippen molar-refractivity contribution in [2.45, 2.75) is 58.7 Å². The van der Waals surface area contributed by atoms with Gasteiger partial charge in [-0.1, -0.05) is 6.07 Å². The first-order valence-corrected chi connectivity index (χ1v) is 13.6. The number of rotatable bonds is 6. The molecule has 40 heavy (non-hydrogen) atoms. The SMILES string of the molecule is CNC1CC(C(=O)N2CCc3nc(Nc4ncc(F)c(-c5cc(F)c6nc(C)n(C(C)C)c6c5)n4)ccc3C2)C1. The lowest BCUT2D eigenvalue weighted by atomic mass is 9.79. The number of fused-ring (bicyclic) bond motifs is 2. The number of pyridine rings is 1. The Morgan fingerprint density at radius 1 is 1.10 bits per heavy atom. The van der Waals surface area contributed by atoms with Gasteiger partial charge in [0.05, 0.1) is 11.7 Å². The van der Waals surface area contributed by atoms with Crippen molar-refractivity contribution in [2.75, 3.05) is 18.9 Å². The van der Waals surface area contributed by atoms with E-state index in [2.05, 4.69) is 25.6 Å². The molecule has 9 nitrogen and oxygen atoms in total. The Kier molecular flexibility index (Phi) is 6.69. The van der Waals surface area contributed by atoms with Gasteiger partial charge in [0.1, 0.15) is 22.9 Å². The minimum Gasteiger partial charge on any atom is -0.338 e. The Morgan fingerprint density at radius 3 is 2.65 bits per heavy atom. The molecule has 0 radical (unpaired) electrons. The molecule has 1 fully saturated rings. The third kappa shape index (κ3) is 4.68. The largest absolute Gasteiger partial charge is 0.338 e. The van der Waals surface area contributed by atoms with E-state index in [1.165, 1.54) is 6.07 Å². The second-order valence-electron chi connectivity index (χ2n) is 10.9. The molecule has 3 aromatic heterocycles. The summed E-state index contributed by atoms with van der Waals surface area (Å²) in [5.74, 6) is 0.465. The van der Waals surface area contributed by atoms with E-state index in [0.717, 1.165) is 30.3 Å². The van der Waals surface area contributed by atoms with E-state index in [1.54, 1.807) is 12.1 Å². The normalized spacial score (nSPS) is 18.6. The first-order chi connectivity index (χ1) is 19.2. The molecule has 4 aromatic rings. The van der Waals surface area contributed by atoms with E-state index in [4.69, 9.17) is 4.98 Å². The maximum Gasteiger partial charge on any atom is 0.229 e. The zero-order chi connectivity index (χ0) is 28.1. The van der Waals surface area contributed by atoms with Gasteiger partial charge >= 0.3 is 0 Å². The van der Waals surface area contributed by atoms with E-state index >= 15 is 4.39 Å². The molecule has 4 heterocycles. The second-order valence-corrected chi connectivity index (χ2v) is 10.9. The highest BCUT2D eigenvalue weighted by molar-refractivity contribution is 5.83. The summed E-state index contributed by atoms with van der Waals surface area (Å²) >= 11 is 0. The quantitative estimate of drug-likeness (QED) is 0.362.